The fraction of sp³-hybridized carbons (Fsp3) is 0.318. The zero-order chi connectivity index (χ0) is 23.9. The van der Waals surface area contributed by atoms with E-state index < -0.39 is 20.7 Å². The summed E-state index contributed by atoms with van der Waals surface area (Å²) < 4.78 is 50.8. The number of likely N-dealkylation sites (tertiary alicyclic amines) is 1. The Hall–Kier alpha value is -2.25. The molecule has 0 aliphatic carbocycles. The van der Waals surface area contributed by atoms with Crippen molar-refractivity contribution in [1.29, 1.82) is 0 Å². The number of thiophene rings is 1. The third-order valence-electron chi connectivity index (χ3n) is 5.94. The van der Waals surface area contributed by atoms with Gasteiger partial charge in [-0.05, 0) is 43.5 Å². The van der Waals surface area contributed by atoms with Gasteiger partial charge in [-0.1, -0.05) is 18.2 Å². The number of aromatic amines is 1. The molecule has 1 aliphatic rings. The van der Waals surface area contributed by atoms with Gasteiger partial charge in [0, 0.05) is 36.1 Å². The lowest BCUT2D eigenvalue weighted by molar-refractivity contribution is 0.334. The number of nitrogens with zero attached hydrogens (tertiary/aromatic N) is 3. The smallest absolute Gasteiger partial charge is 0.273 e. The molecule has 0 bridgehead atoms. The molecule has 1 unspecified atom stereocenters. The summed E-state index contributed by atoms with van der Waals surface area (Å²) in [6.45, 7) is 4.13. The Labute approximate surface area is 207 Å². The molecular formula is C22H24N4O4S4. The average Bonchev–Trinajstić information content (AvgIpc) is 3.60. The lowest BCUT2D eigenvalue weighted by atomic mass is 10.2. The van der Waals surface area contributed by atoms with Gasteiger partial charge in [-0.2, -0.15) is 0 Å². The van der Waals surface area contributed by atoms with Crippen molar-refractivity contribution in [2.24, 2.45) is 0 Å². The van der Waals surface area contributed by atoms with Crippen LogP contribution in [0.5, 0.6) is 0 Å². The SMILES string of the molecule is CCN(c1cccc2cc(-c3ncc(CN4CCC([SH](=O)=O)C4)s3)[nH]c12)S(=O)(=O)c1cccs1. The summed E-state index contributed by atoms with van der Waals surface area (Å²) in [4.78, 5) is 11.2. The normalized spacial score (nSPS) is 17.2. The first kappa shape index (κ1) is 23.5. The Kier molecular flexibility index (Phi) is 6.51. The van der Waals surface area contributed by atoms with E-state index in [0.29, 0.717) is 36.0 Å². The van der Waals surface area contributed by atoms with Gasteiger partial charge < -0.3 is 4.98 Å². The molecule has 1 N–H and O–H groups in total. The zero-order valence-corrected chi connectivity index (χ0v) is 21.7. The molecular weight excluding hydrogens is 513 g/mol. The molecule has 12 heteroatoms. The van der Waals surface area contributed by atoms with Crippen molar-refractivity contribution in [3.05, 3.63) is 52.9 Å². The highest BCUT2D eigenvalue weighted by Gasteiger charge is 2.27. The maximum Gasteiger partial charge on any atom is 0.273 e. The molecule has 0 amide bonds. The van der Waals surface area contributed by atoms with Gasteiger partial charge in [0.1, 0.15) is 19.9 Å². The van der Waals surface area contributed by atoms with Crippen LogP contribution in [0.15, 0.2) is 52.2 Å². The van der Waals surface area contributed by atoms with Crippen LogP contribution in [0.25, 0.3) is 21.6 Å². The van der Waals surface area contributed by atoms with E-state index >= 15 is 0 Å². The second kappa shape index (κ2) is 9.42. The van der Waals surface area contributed by atoms with Gasteiger partial charge in [-0.25, -0.2) is 21.8 Å². The van der Waals surface area contributed by atoms with Crippen LogP contribution in [0.4, 0.5) is 5.69 Å². The van der Waals surface area contributed by atoms with Gasteiger partial charge in [-0.15, -0.1) is 22.7 Å². The number of hydrogen-bond donors (Lipinski definition) is 2. The van der Waals surface area contributed by atoms with Gasteiger partial charge in [0.25, 0.3) is 10.0 Å². The second-order valence-corrected chi connectivity index (χ2v) is 13.6. The summed E-state index contributed by atoms with van der Waals surface area (Å²) in [6, 6.07) is 11.0. The number of anilines is 1. The van der Waals surface area contributed by atoms with Crippen LogP contribution in [0.1, 0.15) is 18.2 Å². The Morgan fingerprint density at radius 1 is 1.26 bits per heavy atom. The number of benzene rings is 1. The third-order valence-corrected chi connectivity index (χ3v) is 11.2. The molecule has 0 saturated carbocycles. The summed E-state index contributed by atoms with van der Waals surface area (Å²) >= 11 is 2.76. The lowest BCUT2D eigenvalue weighted by Gasteiger charge is -2.22. The highest BCUT2D eigenvalue weighted by molar-refractivity contribution is 7.94. The molecule has 0 spiro atoms. The van der Waals surface area contributed by atoms with E-state index in [4.69, 9.17) is 0 Å². The maximum absolute atomic E-state index is 13.2. The number of fused-ring (bicyclic) bond motifs is 1. The second-order valence-electron chi connectivity index (χ2n) is 8.12. The van der Waals surface area contributed by atoms with Crippen LogP contribution in [0.3, 0.4) is 0 Å². The fourth-order valence-electron chi connectivity index (χ4n) is 4.31. The molecule has 5 rings (SSSR count). The largest absolute Gasteiger partial charge is 0.351 e. The third kappa shape index (κ3) is 4.40. The zero-order valence-electron chi connectivity index (χ0n) is 18.4. The molecule has 1 fully saturated rings. The van der Waals surface area contributed by atoms with Crippen LogP contribution < -0.4 is 4.31 Å². The van der Waals surface area contributed by atoms with Crippen molar-refractivity contribution in [2.75, 3.05) is 23.9 Å². The number of hydrogen-bond acceptors (Lipinski definition) is 8. The summed E-state index contributed by atoms with van der Waals surface area (Å²) in [5.74, 6) is 0. The Balaban J connectivity index is 1.43. The first-order valence-corrected chi connectivity index (χ1v) is 15.2. The molecule has 1 saturated heterocycles. The average molecular weight is 537 g/mol. The minimum absolute atomic E-state index is 0.263. The van der Waals surface area contributed by atoms with E-state index in [1.54, 1.807) is 28.8 Å². The van der Waals surface area contributed by atoms with Gasteiger partial charge in [0.15, 0.2) is 0 Å². The highest BCUT2D eigenvalue weighted by atomic mass is 32.2. The molecule has 34 heavy (non-hydrogen) atoms. The van der Waals surface area contributed by atoms with Gasteiger partial charge in [0.05, 0.1) is 22.1 Å². The Morgan fingerprint density at radius 2 is 2.12 bits per heavy atom. The molecule has 1 aliphatic heterocycles. The van der Waals surface area contributed by atoms with E-state index in [9.17, 15) is 16.8 Å². The molecule has 3 aromatic heterocycles. The quantitative estimate of drug-likeness (QED) is 0.333. The van der Waals surface area contributed by atoms with E-state index in [1.165, 1.54) is 15.6 Å². The van der Waals surface area contributed by atoms with Crippen LogP contribution in [-0.2, 0) is 27.3 Å². The van der Waals surface area contributed by atoms with Gasteiger partial charge >= 0.3 is 0 Å². The first-order chi connectivity index (χ1) is 16.4. The monoisotopic (exact) mass is 536 g/mol. The predicted molar refractivity (Wildman–Crippen MR) is 138 cm³/mol. The van der Waals surface area contributed by atoms with E-state index in [2.05, 4.69) is 14.9 Å². The predicted octanol–water partition coefficient (Wildman–Crippen LogP) is 3.75. The van der Waals surface area contributed by atoms with Crippen molar-refractivity contribution in [1.82, 2.24) is 14.9 Å². The topological polar surface area (TPSA) is 103 Å². The summed E-state index contributed by atoms with van der Waals surface area (Å²) in [6.07, 6.45) is 2.51. The standard InChI is InChI=1S/C22H24N4O4S4/c1-2-26(34(29,30)20-7-4-10-31-20)19-6-3-5-15-11-18(24-21(15)19)22-23-12-16(32-22)13-25-9-8-17(14-25)33(27)28/h3-7,10-12,17,24,33H,2,8-9,13-14H2,1H3. The summed E-state index contributed by atoms with van der Waals surface area (Å²) in [5, 5.41) is 3.22. The number of para-hydroxylation sites is 1. The van der Waals surface area contributed by atoms with Crippen LogP contribution in [-0.4, -0.2) is 56.6 Å². The van der Waals surface area contributed by atoms with E-state index in [1.807, 2.05) is 37.4 Å². The number of nitrogens with one attached hydrogen (secondary N) is 1. The molecule has 0 radical (unpaired) electrons. The van der Waals surface area contributed by atoms with Gasteiger partial charge in [-0.3, -0.25) is 9.21 Å². The number of thiol groups is 1. The van der Waals surface area contributed by atoms with E-state index in [0.717, 1.165) is 33.0 Å². The summed E-state index contributed by atoms with van der Waals surface area (Å²) in [5.41, 5.74) is 2.18. The van der Waals surface area contributed by atoms with Crippen molar-refractivity contribution < 1.29 is 16.8 Å². The minimum Gasteiger partial charge on any atom is -0.351 e. The van der Waals surface area contributed by atoms with Crippen molar-refractivity contribution in [3.63, 3.8) is 0 Å². The van der Waals surface area contributed by atoms with Crippen molar-refractivity contribution >= 4 is 60.0 Å². The van der Waals surface area contributed by atoms with Crippen LogP contribution in [0.2, 0.25) is 0 Å². The number of sulfonamides is 1. The first-order valence-electron chi connectivity index (χ1n) is 10.9. The Bertz CT molecular complexity index is 1480. The molecule has 4 heterocycles. The highest BCUT2D eigenvalue weighted by Crippen LogP contribution is 2.35. The van der Waals surface area contributed by atoms with Crippen molar-refractivity contribution in [3.8, 4) is 10.7 Å². The number of rotatable bonds is 8. The fourth-order valence-corrected chi connectivity index (χ4v) is 8.51. The maximum atomic E-state index is 13.2. The molecule has 8 nitrogen and oxygen atoms in total. The molecule has 4 aromatic rings. The molecule has 1 atom stereocenters. The lowest BCUT2D eigenvalue weighted by Crippen LogP contribution is -2.30. The summed E-state index contributed by atoms with van der Waals surface area (Å²) in [7, 11) is -6.04. The molecule has 1 aromatic carbocycles. The minimum atomic E-state index is -3.66. The van der Waals surface area contributed by atoms with Crippen LogP contribution in [0, 0.1) is 0 Å². The number of H-pyrrole nitrogens is 1. The number of aromatic nitrogens is 2. The van der Waals surface area contributed by atoms with Gasteiger partial charge in [0.2, 0.25) is 0 Å². The van der Waals surface area contributed by atoms with Crippen molar-refractivity contribution in [2.45, 2.75) is 29.3 Å². The van der Waals surface area contributed by atoms with E-state index in [-0.39, 0.29) is 5.25 Å². The number of thiazole rings is 1. The van der Waals surface area contributed by atoms with Crippen LogP contribution >= 0.6 is 22.7 Å². The molecule has 180 valence electrons. The Morgan fingerprint density at radius 3 is 2.82 bits per heavy atom.